The summed E-state index contributed by atoms with van der Waals surface area (Å²) in [6.07, 6.45) is -0.0526. The maximum Gasteiger partial charge on any atom is 0.406 e. The summed E-state index contributed by atoms with van der Waals surface area (Å²) in [6, 6.07) is 5.10. The molecular weight excluding hydrogens is 298 g/mol. The average molecular weight is 308 g/mol. The predicted molar refractivity (Wildman–Crippen MR) is 71.7 cm³/mol. The highest BCUT2D eigenvalue weighted by Gasteiger charge is 2.24. The van der Waals surface area contributed by atoms with E-state index in [-0.39, 0.29) is 5.75 Å². The van der Waals surface area contributed by atoms with Crippen LogP contribution in [0.3, 0.4) is 0 Å². The SMILES string of the molecule is CC(Oc1cccnc1[N+](=O)[O-])C(=O)c1cc(F)ccc1F. The standard InChI is InChI=1S/C14H10F2N2O4/c1-8(13(19)10-7-9(15)4-5-11(10)16)22-12-3-2-6-17-14(12)18(20)21/h2-8H,1H3. The van der Waals surface area contributed by atoms with Crippen LogP contribution in [0.5, 0.6) is 5.75 Å². The molecule has 0 aliphatic carbocycles. The van der Waals surface area contributed by atoms with Crippen molar-refractivity contribution in [2.24, 2.45) is 0 Å². The molecular formula is C14H10F2N2O4. The van der Waals surface area contributed by atoms with E-state index in [0.29, 0.717) is 0 Å². The summed E-state index contributed by atoms with van der Waals surface area (Å²) in [5.41, 5.74) is -0.487. The van der Waals surface area contributed by atoms with Crippen LogP contribution < -0.4 is 4.74 Å². The Balaban J connectivity index is 2.26. The lowest BCUT2D eigenvalue weighted by molar-refractivity contribution is -0.390. The molecule has 1 heterocycles. The number of ether oxygens (including phenoxy) is 1. The summed E-state index contributed by atoms with van der Waals surface area (Å²) in [4.78, 5) is 25.6. The average Bonchev–Trinajstić information content (AvgIpc) is 2.49. The Bertz CT molecular complexity index is 737. The van der Waals surface area contributed by atoms with Crippen LogP contribution >= 0.6 is 0 Å². The number of nitrogens with zero attached hydrogens (tertiary/aromatic N) is 2. The number of nitro groups is 1. The fraction of sp³-hybridized carbons (Fsp3) is 0.143. The van der Waals surface area contributed by atoms with E-state index in [1.165, 1.54) is 25.3 Å². The highest BCUT2D eigenvalue weighted by molar-refractivity contribution is 5.99. The second kappa shape index (κ2) is 6.25. The van der Waals surface area contributed by atoms with Crippen molar-refractivity contribution in [2.45, 2.75) is 13.0 Å². The maximum absolute atomic E-state index is 13.6. The first-order valence-electron chi connectivity index (χ1n) is 6.15. The van der Waals surface area contributed by atoms with Crippen molar-refractivity contribution < 1.29 is 23.2 Å². The molecule has 2 rings (SSSR count). The summed E-state index contributed by atoms with van der Waals surface area (Å²) in [7, 11) is 0. The van der Waals surface area contributed by atoms with E-state index in [0.717, 1.165) is 18.2 Å². The lowest BCUT2D eigenvalue weighted by atomic mass is 10.1. The fourth-order valence-electron chi connectivity index (χ4n) is 1.76. The minimum absolute atomic E-state index is 0.231. The Labute approximate surface area is 123 Å². The molecule has 0 fully saturated rings. The molecule has 0 saturated heterocycles. The molecule has 0 aliphatic heterocycles. The molecule has 0 N–H and O–H groups in total. The molecule has 0 amide bonds. The molecule has 0 bridgehead atoms. The molecule has 0 radical (unpaired) electrons. The fourth-order valence-corrected chi connectivity index (χ4v) is 1.76. The maximum atomic E-state index is 13.6. The topological polar surface area (TPSA) is 82.3 Å². The van der Waals surface area contributed by atoms with Gasteiger partial charge in [-0.15, -0.1) is 0 Å². The van der Waals surface area contributed by atoms with Crippen LogP contribution in [-0.4, -0.2) is 21.8 Å². The number of Topliss-reactive ketones (excluding diaryl/α,β-unsaturated/α-hetero) is 1. The summed E-state index contributed by atoms with van der Waals surface area (Å²) in [5.74, 6) is -3.31. The van der Waals surface area contributed by atoms with Crippen molar-refractivity contribution in [3.8, 4) is 5.75 Å². The Kier molecular flexibility index (Phi) is 4.40. The van der Waals surface area contributed by atoms with Crippen molar-refractivity contribution in [2.75, 3.05) is 0 Å². The highest BCUT2D eigenvalue weighted by Crippen LogP contribution is 2.25. The van der Waals surface area contributed by atoms with E-state index < -0.39 is 39.8 Å². The molecule has 1 aromatic heterocycles. The van der Waals surface area contributed by atoms with Gasteiger partial charge < -0.3 is 14.9 Å². The lowest BCUT2D eigenvalue weighted by Gasteiger charge is -2.13. The van der Waals surface area contributed by atoms with Gasteiger partial charge >= 0.3 is 5.82 Å². The number of halogens is 2. The number of ketones is 1. The molecule has 1 aromatic carbocycles. The van der Waals surface area contributed by atoms with Gasteiger partial charge in [-0.05, 0) is 47.2 Å². The molecule has 8 heteroatoms. The van der Waals surface area contributed by atoms with E-state index in [4.69, 9.17) is 4.74 Å². The smallest absolute Gasteiger partial charge is 0.406 e. The second-order valence-electron chi connectivity index (χ2n) is 4.33. The van der Waals surface area contributed by atoms with Crippen LogP contribution in [0.1, 0.15) is 17.3 Å². The van der Waals surface area contributed by atoms with Crippen LogP contribution in [0.4, 0.5) is 14.6 Å². The molecule has 1 atom stereocenters. The second-order valence-corrected chi connectivity index (χ2v) is 4.33. The van der Waals surface area contributed by atoms with E-state index >= 15 is 0 Å². The van der Waals surface area contributed by atoms with Crippen LogP contribution in [0.2, 0.25) is 0 Å². The van der Waals surface area contributed by atoms with Gasteiger partial charge in [-0.25, -0.2) is 8.78 Å². The van der Waals surface area contributed by atoms with Gasteiger partial charge in [-0.3, -0.25) is 4.79 Å². The van der Waals surface area contributed by atoms with Gasteiger partial charge in [0.05, 0.1) is 5.56 Å². The predicted octanol–water partition coefficient (Wildman–Crippen LogP) is 2.92. The zero-order valence-electron chi connectivity index (χ0n) is 11.3. The van der Waals surface area contributed by atoms with Crippen molar-refractivity contribution in [3.05, 3.63) is 63.8 Å². The summed E-state index contributed by atoms with van der Waals surface area (Å²) >= 11 is 0. The van der Waals surface area contributed by atoms with E-state index in [9.17, 15) is 23.7 Å². The Morgan fingerprint density at radius 3 is 2.77 bits per heavy atom. The van der Waals surface area contributed by atoms with Crippen molar-refractivity contribution in [1.29, 1.82) is 0 Å². The molecule has 0 spiro atoms. The van der Waals surface area contributed by atoms with Crippen molar-refractivity contribution >= 4 is 11.6 Å². The molecule has 0 saturated carbocycles. The van der Waals surface area contributed by atoms with Gasteiger partial charge in [0, 0.05) is 0 Å². The third-order valence-electron chi connectivity index (χ3n) is 2.79. The van der Waals surface area contributed by atoms with Gasteiger partial charge in [0.1, 0.15) is 17.8 Å². The number of aromatic nitrogens is 1. The Morgan fingerprint density at radius 1 is 1.36 bits per heavy atom. The summed E-state index contributed by atoms with van der Waals surface area (Å²) in [6.45, 7) is 1.28. The monoisotopic (exact) mass is 308 g/mol. The van der Waals surface area contributed by atoms with Crippen molar-refractivity contribution in [1.82, 2.24) is 4.98 Å². The van der Waals surface area contributed by atoms with Gasteiger partial charge in [-0.2, -0.15) is 0 Å². The zero-order chi connectivity index (χ0) is 16.3. The Morgan fingerprint density at radius 2 is 2.09 bits per heavy atom. The van der Waals surface area contributed by atoms with Crippen LogP contribution in [0, 0.1) is 21.7 Å². The van der Waals surface area contributed by atoms with Gasteiger partial charge in [0.25, 0.3) is 0 Å². The van der Waals surface area contributed by atoms with E-state index in [1.54, 1.807) is 0 Å². The normalized spacial score (nSPS) is 11.8. The first-order chi connectivity index (χ1) is 10.4. The van der Waals surface area contributed by atoms with Crippen LogP contribution in [-0.2, 0) is 0 Å². The largest absolute Gasteiger partial charge is 0.474 e. The van der Waals surface area contributed by atoms with E-state index in [2.05, 4.69) is 4.98 Å². The lowest BCUT2D eigenvalue weighted by Crippen LogP contribution is -2.25. The number of benzene rings is 1. The minimum Gasteiger partial charge on any atom is -0.474 e. The minimum atomic E-state index is -1.25. The third-order valence-corrected chi connectivity index (χ3v) is 2.79. The molecule has 1 unspecified atom stereocenters. The first-order valence-corrected chi connectivity index (χ1v) is 6.15. The molecule has 6 nitrogen and oxygen atoms in total. The van der Waals surface area contributed by atoms with Crippen LogP contribution in [0.25, 0.3) is 0 Å². The summed E-state index contributed by atoms with van der Waals surface area (Å²) in [5, 5.41) is 10.8. The number of rotatable bonds is 5. The number of carbonyl (C=O) groups excluding carboxylic acids is 1. The van der Waals surface area contributed by atoms with E-state index in [1.807, 2.05) is 0 Å². The summed E-state index contributed by atoms with van der Waals surface area (Å²) < 4.78 is 31.8. The molecule has 114 valence electrons. The Hall–Kier alpha value is -2.90. The number of hydrogen-bond acceptors (Lipinski definition) is 5. The number of pyridine rings is 1. The van der Waals surface area contributed by atoms with Crippen LogP contribution in [0.15, 0.2) is 36.5 Å². The molecule has 22 heavy (non-hydrogen) atoms. The number of hydrogen-bond donors (Lipinski definition) is 0. The van der Waals surface area contributed by atoms with Crippen molar-refractivity contribution in [3.63, 3.8) is 0 Å². The van der Waals surface area contributed by atoms with Gasteiger partial charge in [-0.1, -0.05) is 0 Å². The van der Waals surface area contributed by atoms with Gasteiger partial charge in [0.15, 0.2) is 6.10 Å². The first kappa shape index (κ1) is 15.5. The van der Waals surface area contributed by atoms with Gasteiger partial charge in [0.2, 0.25) is 11.5 Å². The zero-order valence-corrected chi connectivity index (χ0v) is 11.3. The molecule has 2 aromatic rings. The highest BCUT2D eigenvalue weighted by atomic mass is 19.1. The molecule has 0 aliphatic rings. The quantitative estimate of drug-likeness (QED) is 0.482. The third kappa shape index (κ3) is 3.22. The number of carbonyl (C=O) groups is 1.